The van der Waals surface area contributed by atoms with Gasteiger partial charge in [-0.2, -0.15) is 0 Å². The van der Waals surface area contributed by atoms with Gasteiger partial charge < -0.3 is 5.73 Å². The predicted octanol–water partition coefficient (Wildman–Crippen LogP) is 4.23. The van der Waals surface area contributed by atoms with E-state index in [1.165, 1.54) is 5.56 Å². The van der Waals surface area contributed by atoms with Crippen LogP contribution in [0.5, 0.6) is 0 Å². The molecule has 2 rings (SSSR count). The van der Waals surface area contributed by atoms with Crippen LogP contribution in [-0.2, 0) is 12.0 Å². The van der Waals surface area contributed by atoms with Crippen LogP contribution in [0.3, 0.4) is 0 Å². The van der Waals surface area contributed by atoms with E-state index in [2.05, 4.69) is 66.2 Å². The van der Waals surface area contributed by atoms with Crippen molar-refractivity contribution in [1.82, 2.24) is 0 Å². The van der Waals surface area contributed by atoms with E-state index < -0.39 is 5.54 Å². The van der Waals surface area contributed by atoms with E-state index >= 15 is 0 Å². The van der Waals surface area contributed by atoms with Crippen LogP contribution in [0.25, 0.3) is 0 Å². The third kappa shape index (κ3) is 2.65. The van der Waals surface area contributed by atoms with Crippen LogP contribution in [-0.4, -0.2) is 0 Å². The first-order chi connectivity index (χ1) is 8.54. The number of rotatable bonds is 3. The van der Waals surface area contributed by atoms with Gasteiger partial charge in [-0.1, -0.05) is 59.3 Å². The van der Waals surface area contributed by atoms with Gasteiger partial charge >= 0.3 is 0 Å². The maximum absolute atomic E-state index is 6.49. The fourth-order valence-electron chi connectivity index (χ4n) is 2.05. The fourth-order valence-corrected chi connectivity index (χ4v) is 2.31. The van der Waals surface area contributed by atoms with Gasteiger partial charge in [0.2, 0.25) is 0 Å². The van der Waals surface area contributed by atoms with Gasteiger partial charge in [0.25, 0.3) is 0 Å². The standard InChI is InChI=1S/C16H18BrN/c1-3-12-4-6-13(7-5-12)16(2,18)14-8-10-15(17)11-9-14/h4-11H,3,18H2,1-2H3. The Morgan fingerprint density at radius 3 is 1.83 bits per heavy atom. The molecule has 94 valence electrons. The fraction of sp³-hybridized carbons (Fsp3) is 0.250. The number of aryl methyl sites for hydroxylation is 1. The van der Waals surface area contributed by atoms with E-state index in [0.717, 1.165) is 22.0 Å². The van der Waals surface area contributed by atoms with E-state index in [9.17, 15) is 0 Å². The van der Waals surface area contributed by atoms with E-state index in [4.69, 9.17) is 5.73 Å². The molecule has 0 aliphatic carbocycles. The Kier molecular flexibility index (Phi) is 3.88. The Labute approximate surface area is 117 Å². The number of halogens is 1. The van der Waals surface area contributed by atoms with Crippen LogP contribution in [0.15, 0.2) is 53.0 Å². The summed E-state index contributed by atoms with van der Waals surface area (Å²) < 4.78 is 1.07. The Hall–Kier alpha value is -1.12. The highest BCUT2D eigenvalue weighted by atomic mass is 79.9. The molecule has 0 fully saturated rings. The lowest BCUT2D eigenvalue weighted by Gasteiger charge is -2.26. The van der Waals surface area contributed by atoms with Crippen LogP contribution in [0.1, 0.15) is 30.5 Å². The number of benzene rings is 2. The molecule has 18 heavy (non-hydrogen) atoms. The molecule has 1 nitrogen and oxygen atoms in total. The highest BCUT2D eigenvalue weighted by Crippen LogP contribution is 2.27. The molecule has 0 radical (unpaired) electrons. The molecular weight excluding hydrogens is 286 g/mol. The average molecular weight is 304 g/mol. The topological polar surface area (TPSA) is 26.0 Å². The lowest BCUT2D eigenvalue weighted by molar-refractivity contribution is 0.603. The van der Waals surface area contributed by atoms with Crippen molar-refractivity contribution in [1.29, 1.82) is 0 Å². The van der Waals surface area contributed by atoms with E-state index in [-0.39, 0.29) is 0 Å². The zero-order valence-electron chi connectivity index (χ0n) is 10.8. The lowest BCUT2D eigenvalue weighted by atomic mass is 9.85. The Morgan fingerprint density at radius 1 is 0.944 bits per heavy atom. The van der Waals surface area contributed by atoms with Crippen molar-refractivity contribution >= 4 is 15.9 Å². The molecule has 2 aromatic rings. The van der Waals surface area contributed by atoms with Crippen molar-refractivity contribution in [2.24, 2.45) is 5.73 Å². The minimum Gasteiger partial charge on any atom is -0.318 e. The molecule has 2 aromatic carbocycles. The van der Waals surface area contributed by atoms with E-state index in [1.54, 1.807) is 0 Å². The number of hydrogen-bond acceptors (Lipinski definition) is 1. The minimum absolute atomic E-state index is 0.451. The van der Waals surface area contributed by atoms with Crippen LogP contribution >= 0.6 is 15.9 Å². The Bertz CT molecular complexity index is 512. The highest BCUT2D eigenvalue weighted by Gasteiger charge is 2.23. The van der Waals surface area contributed by atoms with Crippen molar-refractivity contribution in [2.45, 2.75) is 25.8 Å². The summed E-state index contributed by atoms with van der Waals surface area (Å²) in [6.07, 6.45) is 1.06. The molecule has 2 N–H and O–H groups in total. The van der Waals surface area contributed by atoms with Gasteiger partial charge in [0.1, 0.15) is 0 Å². The number of hydrogen-bond donors (Lipinski definition) is 1. The van der Waals surface area contributed by atoms with Gasteiger partial charge in [0.05, 0.1) is 5.54 Å². The van der Waals surface area contributed by atoms with E-state index in [1.807, 2.05) is 12.1 Å². The highest BCUT2D eigenvalue weighted by molar-refractivity contribution is 9.10. The second-order valence-electron chi connectivity index (χ2n) is 4.76. The normalized spacial score (nSPS) is 14.2. The van der Waals surface area contributed by atoms with Crippen LogP contribution in [0.2, 0.25) is 0 Å². The molecular formula is C16H18BrN. The molecule has 2 heteroatoms. The van der Waals surface area contributed by atoms with Gasteiger partial charge in [-0.25, -0.2) is 0 Å². The smallest absolute Gasteiger partial charge is 0.0636 e. The summed E-state index contributed by atoms with van der Waals surface area (Å²) in [4.78, 5) is 0. The zero-order chi connectivity index (χ0) is 13.2. The monoisotopic (exact) mass is 303 g/mol. The summed E-state index contributed by atoms with van der Waals surface area (Å²) in [7, 11) is 0. The first-order valence-corrected chi connectivity index (χ1v) is 6.97. The molecule has 0 bridgehead atoms. The third-order valence-corrected chi connectivity index (χ3v) is 3.93. The molecule has 0 saturated heterocycles. The average Bonchev–Trinajstić information content (AvgIpc) is 2.39. The van der Waals surface area contributed by atoms with Gasteiger partial charge in [-0.05, 0) is 42.2 Å². The molecule has 1 atom stereocenters. The SMILES string of the molecule is CCc1ccc(C(C)(N)c2ccc(Br)cc2)cc1. The van der Waals surface area contributed by atoms with Crippen molar-refractivity contribution in [3.63, 3.8) is 0 Å². The molecule has 0 heterocycles. The summed E-state index contributed by atoms with van der Waals surface area (Å²) in [5.74, 6) is 0. The Balaban J connectivity index is 2.37. The van der Waals surface area contributed by atoms with Crippen molar-refractivity contribution in [3.05, 3.63) is 69.7 Å². The molecule has 0 amide bonds. The largest absolute Gasteiger partial charge is 0.318 e. The summed E-state index contributed by atoms with van der Waals surface area (Å²) >= 11 is 3.45. The summed E-state index contributed by atoms with van der Waals surface area (Å²) in [6.45, 7) is 4.21. The Morgan fingerprint density at radius 2 is 1.39 bits per heavy atom. The van der Waals surface area contributed by atoms with Gasteiger partial charge in [0.15, 0.2) is 0 Å². The predicted molar refractivity (Wildman–Crippen MR) is 80.6 cm³/mol. The molecule has 0 saturated carbocycles. The molecule has 0 aliphatic heterocycles. The maximum atomic E-state index is 6.49. The second kappa shape index (κ2) is 5.25. The summed E-state index contributed by atoms with van der Waals surface area (Å²) in [5, 5.41) is 0. The molecule has 0 aromatic heterocycles. The lowest BCUT2D eigenvalue weighted by Crippen LogP contribution is -2.34. The second-order valence-corrected chi connectivity index (χ2v) is 5.68. The van der Waals surface area contributed by atoms with Crippen molar-refractivity contribution in [3.8, 4) is 0 Å². The van der Waals surface area contributed by atoms with Crippen molar-refractivity contribution in [2.75, 3.05) is 0 Å². The van der Waals surface area contributed by atoms with Gasteiger partial charge in [-0.3, -0.25) is 0 Å². The van der Waals surface area contributed by atoms with Crippen LogP contribution in [0, 0.1) is 0 Å². The summed E-state index contributed by atoms with van der Waals surface area (Å²) in [6, 6.07) is 16.7. The number of nitrogens with two attached hydrogens (primary N) is 1. The molecule has 1 unspecified atom stereocenters. The van der Waals surface area contributed by atoms with E-state index in [0.29, 0.717) is 0 Å². The first-order valence-electron chi connectivity index (χ1n) is 6.18. The van der Waals surface area contributed by atoms with Gasteiger partial charge in [0, 0.05) is 4.47 Å². The first kappa shape index (κ1) is 13.3. The molecule has 0 spiro atoms. The van der Waals surface area contributed by atoms with Crippen LogP contribution < -0.4 is 5.73 Å². The summed E-state index contributed by atoms with van der Waals surface area (Å²) in [5.41, 5.74) is 9.63. The minimum atomic E-state index is -0.451. The van der Waals surface area contributed by atoms with Gasteiger partial charge in [-0.15, -0.1) is 0 Å². The van der Waals surface area contributed by atoms with Crippen LogP contribution in [0.4, 0.5) is 0 Å². The zero-order valence-corrected chi connectivity index (χ0v) is 12.4. The maximum Gasteiger partial charge on any atom is 0.0636 e. The molecule has 0 aliphatic rings. The van der Waals surface area contributed by atoms with Crippen molar-refractivity contribution < 1.29 is 0 Å². The third-order valence-electron chi connectivity index (χ3n) is 3.41. The quantitative estimate of drug-likeness (QED) is 0.902.